The molecule has 0 aliphatic rings. The van der Waals surface area contributed by atoms with Crippen molar-refractivity contribution in [2.24, 2.45) is 0 Å². The molecule has 16 valence electrons. The molecule has 0 bridgehead atoms. The van der Waals surface area contributed by atoms with E-state index in [2.05, 4.69) is 0 Å². The van der Waals surface area contributed by atoms with Crippen LogP contribution < -0.4 is 0 Å². The summed E-state index contributed by atoms with van der Waals surface area (Å²) in [5.41, 5.74) is 0. The first-order valence-corrected chi connectivity index (χ1v) is 0. The Hall–Kier alpha value is 2.20. The molecule has 0 amide bonds. The molecule has 0 fully saturated rings. The van der Waals surface area contributed by atoms with Gasteiger partial charge in [-0.25, -0.2) is 0 Å². The first kappa shape index (κ1) is 34.6. The Kier molecular flexibility index (Phi) is 164. The van der Waals surface area contributed by atoms with E-state index in [9.17, 15) is 0 Å². The standard InChI is InChI=1S/Ca.Mg.H2O.Si/h;;1H2;. The summed E-state index contributed by atoms with van der Waals surface area (Å²) in [4.78, 5) is 0. The molecule has 0 aliphatic heterocycles. The average Bonchev–Trinajstić information content (AvgIpc) is 0. The first-order chi connectivity index (χ1) is 0. The van der Waals surface area contributed by atoms with Gasteiger partial charge in [-0.05, 0) is 0 Å². The van der Waals surface area contributed by atoms with Crippen molar-refractivity contribution in [3.05, 3.63) is 0 Å². The Bertz CT molecular complexity index is 8.00. The molecule has 0 atom stereocenters. The van der Waals surface area contributed by atoms with Gasteiger partial charge in [-0.3, -0.25) is 0 Å². The van der Waals surface area contributed by atoms with Crippen LogP contribution in [-0.4, -0.2) is 77.2 Å². The average molecular weight is 110 g/mol. The molecular formula is H2CaMgOSi. The Labute approximate surface area is 76.0 Å². The smallest absolute Gasteiger partial charge is 0 e. The fourth-order valence-corrected chi connectivity index (χ4v) is 0. The van der Waals surface area contributed by atoms with Crippen molar-refractivity contribution in [1.29, 1.82) is 0 Å². The van der Waals surface area contributed by atoms with Crippen molar-refractivity contribution >= 4 is 71.8 Å². The summed E-state index contributed by atoms with van der Waals surface area (Å²) in [6.07, 6.45) is 0. The van der Waals surface area contributed by atoms with Crippen LogP contribution in [0.3, 0.4) is 0 Å². The summed E-state index contributed by atoms with van der Waals surface area (Å²) in [5, 5.41) is 0. The summed E-state index contributed by atoms with van der Waals surface area (Å²) in [5.74, 6) is 0. The van der Waals surface area contributed by atoms with Gasteiger partial charge in [-0.2, -0.15) is 0 Å². The third-order valence-corrected chi connectivity index (χ3v) is 0. The molecule has 0 spiro atoms. The Morgan fingerprint density at radius 1 is 1.00 bits per heavy atom. The van der Waals surface area contributed by atoms with Crippen molar-refractivity contribution < 1.29 is 5.48 Å². The minimum Gasteiger partial charge on any atom is -0.412 e. The topological polar surface area (TPSA) is 31.5 Å². The van der Waals surface area contributed by atoms with Gasteiger partial charge < -0.3 is 5.48 Å². The largest absolute Gasteiger partial charge is 0.412 e. The number of hydrogen-bond acceptors (Lipinski definition) is 0. The third-order valence-electron chi connectivity index (χ3n) is 0. The Balaban J connectivity index is 0. The van der Waals surface area contributed by atoms with Crippen LogP contribution in [0.4, 0.5) is 0 Å². The summed E-state index contributed by atoms with van der Waals surface area (Å²) in [6, 6.07) is 0. The molecule has 0 aromatic rings. The van der Waals surface area contributed by atoms with Crippen molar-refractivity contribution in [2.45, 2.75) is 0 Å². The van der Waals surface area contributed by atoms with Crippen LogP contribution in [0.1, 0.15) is 0 Å². The molecular weight excluding hydrogens is 108 g/mol. The second-order valence-corrected chi connectivity index (χ2v) is 0. The van der Waals surface area contributed by atoms with Crippen LogP contribution in [0.2, 0.25) is 0 Å². The van der Waals surface area contributed by atoms with E-state index in [0.29, 0.717) is 0 Å². The molecule has 0 saturated carbocycles. The molecule has 8 radical (unpaired) electrons. The monoisotopic (exact) mass is 110 g/mol. The van der Waals surface area contributed by atoms with Crippen LogP contribution in [0.25, 0.3) is 0 Å². The maximum Gasteiger partial charge on any atom is 0 e. The fourth-order valence-electron chi connectivity index (χ4n) is 0. The van der Waals surface area contributed by atoms with Gasteiger partial charge in [0.1, 0.15) is 0 Å². The Morgan fingerprint density at radius 2 is 1.00 bits per heavy atom. The Morgan fingerprint density at radius 3 is 1.00 bits per heavy atom. The van der Waals surface area contributed by atoms with Gasteiger partial charge in [0.05, 0.1) is 0 Å². The quantitative estimate of drug-likeness (QED) is 0.324. The third kappa shape index (κ3) is 8.88. The molecule has 2 N–H and O–H groups in total. The van der Waals surface area contributed by atoms with Gasteiger partial charge in [-0.1, -0.05) is 0 Å². The molecule has 0 unspecified atom stereocenters. The van der Waals surface area contributed by atoms with Gasteiger partial charge in [-0.15, -0.1) is 0 Å². The van der Waals surface area contributed by atoms with Gasteiger partial charge in [0, 0.05) is 71.8 Å². The van der Waals surface area contributed by atoms with Crippen molar-refractivity contribution in [2.75, 3.05) is 0 Å². The van der Waals surface area contributed by atoms with E-state index in [1.54, 1.807) is 0 Å². The summed E-state index contributed by atoms with van der Waals surface area (Å²) in [7, 11) is 0. The number of rotatable bonds is 0. The zero-order chi connectivity index (χ0) is 0. The molecule has 1 nitrogen and oxygen atoms in total. The molecule has 4 heteroatoms. The summed E-state index contributed by atoms with van der Waals surface area (Å²) >= 11 is 0. The van der Waals surface area contributed by atoms with E-state index in [-0.39, 0.29) is 77.2 Å². The predicted octanol–water partition coefficient (Wildman–Crippen LogP) is -1.97. The maximum atomic E-state index is 0. The molecule has 0 aromatic carbocycles. The van der Waals surface area contributed by atoms with E-state index in [1.165, 1.54) is 0 Å². The predicted molar refractivity (Wildman–Crippen MR) is 20.9 cm³/mol. The van der Waals surface area contributed by atoms with Gasteiger partial charge in [0.15, 0.2) is 0 Å². The molecule has 4 heavy (non-hydrogen) atoms. The van der Waals surface area contributed by atoms with Crippen LogP contribution in [-0.2, 0) is 0 Å². The van der Waals surface area contributed by atoms with E-state index in [1.807, 2.05) is 0 Å². The van der Waals surface area contributed by atoms with E-state index >= 15 is 0 Å². The molecule has 0 aromatic heterocycles. The van der Waals surface area contributed by atoms with Crippen molar-refractivity contribution in [1.82, 2.24) is 0 Å². The molecule has 0 heterocycles. The number of hydrogen-bond donors (Lipinski definition) is 0. The van der Waals surface area contributed by atoms with Crippen LogP contribution in [0, 0.1) is 0 Å². The van der Waals surface area contributed by atoms with Crippen LogP contribution in [0.15, 0.2) is 0 Å². The zero-order valence-electron chi connectivity index (χ0n) is 2.41. The first-order valence-electron chi connectivity index (χ1n) is 0. The molecule has 0 aliphatic carbocycles. The summed E-state index contributed by atoms with van der Waals surface area (Å²) < 4.78 is 0. The van der Waals surface area contributed by atoms with Gasteiger partial charge in [0.2, 0.25) is 0 Å². The van der Waals surface area contributed by atoms with Crippen molar-refractivity contribution in [3.63, 3.8) is 0 Å². The second-order valence-electron chi connectivity index (χ2n) is 0. The SMILES string of the molecule is O.[Ca].[Mg].[Si]. The summed E-state index contributed by atoms with van der Waals surface area (Å²) in [6.45, 7) is 0. The maximum absolute atomic E-state index is 0. The minimum atomic E-state index is 0. The van der Waals surface area contributed by atoms with Gasteiger partial charge in [0.25, 0.3) is 0 Å². The minimum absolute atomic E-state index is 0. The fraction of sp³-hybridized carbons (Fsp3) is 0. The van der Waals surface area contributed by atoms with Crippen molar-refractivity contribution in [3.8, 4) is 0 Å². The van der Waals surface area contributed by atoms with E-state index in [0.717, 1.165) is 0 Å². The normalized spacial score (nSPS) is 0. The van der Waals surface area contributed by atoms with E-state index < -0.39 is 0 Å². The van der Waals surface area contributed by atoms with Crippen LogP contribution in [0.5, 0.6) is 0 Å². The second kappa shape index (κ2) is 18.9. The zero-order valence-corrected chi connectivity index (χ0v) is 7.04. The molecule has 0 saturated heterocycles. The van der Waals surface area contributed by atoms with Crippen LogP contribution >= 0.6 is 0 Å². The molecule has 0 rings (SSSR count). The van der Waals surface area contributed by atoms with E-state index in [4.69, 9.17) is 0 Å². The van der Waals surface area contributed by atoms with Gasteiger partial charge >= 0.3 is 0 Å².